The molecular weight excluding hydrogens is 244 g/mol. The second-order valence-corrected chi connectivity index (χ2v) is 4.39. The maximum Gasteiger partial charge on any atom is 0.240 e. The molecule has 2 aromatic rings. The van der Waals surface area contributed by atoms with E-state index in [0.717, 1.165) is 17.8 Å². The lowest BCUT2D eigenvalue weighted by molar-refractivity contribution is -0.118. The molecule has 6 nitrogen and oxygen atoms in total. The van der Waals surface area contributed by atoms with Crippen LogP contribution < -0.4 is 16.0 Å². The Kier molecular flexibility index (Phi) is 2.92. The molecule has 1 saturated heterocycles. The van der Waals surface area contributed by atoms with Gasteiger partial charge in [0.15, 0.2) is 11.6 Å². The van der Waals surface area contributed by atoms with Crippen molar-refractivity contribution in [3.05, 3.63) is 30.3 Å². The van der Waals surface area contributed by atoms with Crippen molar-refractivity contribution in [3.63, 3.8) is 0 Å². The van der Waals surface area contributed by atoms with Gasteiger partial charge >= 0.3 is 0 Å². The molecule has 0 atom stereocenters. The van der Waals surface area contributed by atoms with Crippen LogP contribution in [-0.4, -0.2) is 30.7 Å². The van der Waals surface area contributed by atoms with E-state index in [1.54, 1.807) is 11.0 Å². The van der Waals surface area contributed by atoms with Gasteiger partial charge in [0.1, 0.15) is 0 Å². The van der Waals surface area contributed by atoms with Crippen LogP contribution in [-0.2, 0) is 4.79 Å². The lowest BCUT2D eigenvalue weighted by Gasteiger charge is -2.27. The van der Waals surface area contributed by atoms with Crippen LogP contribution in [0.15, 0.2) is 34.9 Å². The van der Waals surface area contributed by atoms with Gasteiger partial charge in [-0.2, -0.15) is 0 Å². The van der Waals surface area contributed by atoms with E-state index >= 15 is 0 Å². The Hall–Kier alpha value is -2.34. The molecule has 1 fully saturated rings. The van der Waals surface area contributed by atoms with Gasteiger partial charge in [0.25, 0.3) is 0 Å². The predicted octanol–water partition coefficient (Wildman–Crippen LogP) is 0.860. The van der Waals surface area contributed by atoms with Gasteiger partial charge in [-0.1, -0.05) is 17.3 Å². The lowest BCUT2D eigenvalue weighted by atomic mass is 10.1. The van der Waals surface area contributed by atoms with Crippen molar-refractivity contribution in [2.45, 2.75) is 0 Å². The quantitative estimate of drug-likeness (QED) is 0.834. The summed E-state index contributed by atoms with van der Waals surface area (Å²) in [7, 11) is 0. The van der Waals surface area contributed by atoms with E-state index in [4.69, 9.17) is 10.3 Å². The van der Waals surface area contributed by atoms with E-state index in [1.807, 2.05) is 24.3 Å². The van der Waals surface area contributed by atoms with E-state index in [-0.39, 0.29) is 5.91 Å². The molecule has 19 heavy (non-hydrogen) atoms. The third-order valence-corrected chi connectivity index (χ3v) is 3.06. The molecule has 0 radical (unpaired) electrons. The Morgan fingerprint density at radius 3 is 3.00 bits per heavy atom. The normalized spacial score (nSPS) is 15.8. The number of amides is 1. The molecule has 0 unspecified atom stereocenters. The zero-order valence-electron chi connectivity index (χ0n) is 10.3. The largest absolute Gasteiger partial charge is 0.381 e. The number of aromatic nitrogens is 1. The van der Waals surface area contributed by atoms with Crippen LogP contribution in [0.1, 0.15) is 0 Å². The van der Waals surface area contributed by atoms with Crippen molar-refractivity contribution in [1.29, 1.82) is 0 Å². The average Bonchev–Trinajstić information content (AvgIpc) is 2.86. The molecule has 0 spiro atoms. The molecule has 1 aliphatic rings. The SMILES string of the molecule is Nc1cc(-c2cccc(N3CCNCC3=O)c2)on1. The summed E-state index contributed by atoms with van der Waals surface area (Å²) in [5.41, 5.74) is 7.26. The van der Waals surface area contributed by atoms with Crippen molar-refractivity contribution in [3.8, 4) is 11.3 Å². The second kappa shape index (κ2) is 4.74. The molecule has 1 amide bonds. The molecule has 2 heterocycles. The first-order valence-electron chi connectivity index (χ1n) is 6.08. The zero-order chi connectivity index (χ0) is 13.2. The Balaban J connectivity index is 1.93. The van der Waals surface area contributed by atoms with Gasteiger partial charge in [-0.05, 0) is 12.1 Å². The van der Waals surface area contributed by atoms with E-state index in [9.17, 15) is 4.79 Å². The fourth-order valence-electron chi connectivity index (χ4n) is 2.13. The molecule has 0 saturated carbocycles. The Bertz CT molecular complexity index is 608. The van der Waals surface area contributed by atoms with Crippen LogP contribution in [0.3, 0.4) is 0 Å². The number of nitrogen functional groups attached to an aromatic ring is 1. The number of carbonyl (C=O) groups excluding carboxylic acids is 1. The number of carbonyl (C=O) groups is 1. The van der Waals surface area contributed by atoms with Crippen LogP contribution in [0.25, 0.3) is 11.3 Å². The summed E-state index contributed by atoms with van der Waals surface area (Å²) in [6, 6.07) is 9.27. The molecule has 0 aliphatic carbocycles. The molecular formula is C13H14N4O2. The number of piperazine rings is 1. The minimum Gasteiger partial charge on any atom is -0.381 e. The fraction of sp³-hybridized carbons (Fsp3) is 0.231. The van der Waals surface area contributed by atoms with Crippen molar-refractivity contribution in [2.75, 3.05) is 30.3 Å². The van der Waals surface area contributed by atoms with Crippen LogP contribution in [0.2, 0.25) is 0 Å². The summed E-state index contributed by atoms with van der Waals surface area (Å²) in [5.74, 6) is 1.01. The Morgan fingerprint density at radius 2 is 2.26 bits per heavy atom. The first-order chi connectivity index (χ1) is 9.24. The Morgan fingerprint density at radius 1 is 1.37 bits per heavy atom. The molecule has 6 heteroatoms. The summed E-state index contributed by atoms with van der Waals surface area (Å²) in [5, 5.41) is 6.71. The van der Waals surface area contributed by atoms with E-state index in [1.165, 1.54) is 0 Å². The smallest absolute Gasteiger partial charge is 0.240 e. The van der Waals surface area contributed by atoms with Gasteiger partial charge in [0.2, 0.25) is 5.91 Å². The van der Waals surface area contributed by atoms with Crippen molar-refractivity contribution < 1.29 is 9.32 Å². The van der Waals surface area contributed by atoms with Crippen LogP contribution in [0.5, 0.6) is 0 Å². The maximum atomic E-state index is 11.9. The van der Waals surface area contributed by atoms with Crippen LogP contribution in [0, 0.1) is 0 Å². The monoisotopic (exact) mass is 258 g/mol. The molecule has 3 rings (SSSR count). The first-order valence-corrected chi connectivity index (χ1v) is 6.08. The predicted molar refractivity (Wildman–Crippen MR) is 71.6 cm³/mol. The third kappa shape index (κ3) is 2.30. The summed E-state index contributed by atoms with van der Waals surface area (Å²) < 4.78 is 5.13. The highest BCUT2D eigenvalue weighted by Crippen LogP contribution is 2.26. The highest BCUT2D eigenvalue weighted by Gasteiger charge is 2.19. The number of benzene rings is 1. The number of hydrogen-bond acceptors (Lipinski definition) is 5. The second-order valence-electron chi connectivity index (χ2n) is 4.39. The number of nitrogens with one attached hydrogen (secondary N) is 1. The topological polar surface area (TPSA) is 84.4 Å². The van der Waals surface area contributed by atoms with Crippen LogP contribution >= 0.6 is 0 Å². The molecule has 1 aliphatic heterocycles. The average molecular weight is 258 g/mol. The van der Waals surface area contributed by atoms with Crippen LogP contribution in [0.4, 0.5) is 11.5 Å². The van der Waals surface area contributed by atoms with E-state index in [2.05, 4.69) is 10.5 Å². The van der Waals surface area contributed by atoms with Gasteiger partial charge in [0, 0.05) is 30.4 Å². The molecule has 1 aromatic heterocycles. The minimum absolute atomic E-state index is 0.0699. The lowest BCUT2D eigenvalue weighted by Crippen LogP contribution is -2.48. The van der Waals surface area contributed by atoms with Crippen molar-refractivity contribution >= 4 is 17.4 Å². The van der Waals surface area contributed by atoms with Gasteiger partial charge in [-0.25, -0.2) is 0 Å². The molecule has 1 aromatic carbocycles. The summed E-state index contributed by atoms with van der Waals surface area (Å²) in [6.07, 6.45) is 0. The Labute approximate surface area is 110 Å². The van der Waals surface area contributed by atoms with E-state index in [0.29, 0.717) is 24.7 Å². The number of rotatable bonds is 2. The maximum absolute atomic E-state index is 11.9. The summed E-state index contributed by atoms with van der Waals surface area (Å²) >= 11 is 0. The highest BCUT2D eigenvalue weighted by atomic mass is 16.5. The summed E-state index contributed by atoms with van der Waals surface area (Å²) in [4.78, 5) is 13.6. The number of nitrogens with two attached hydrogens (primary N) is 1. The van der Waals surface area contributed by atoms with E-state index < -0.39 is 0 Å². The minimum atomic E-state index is 0.0699. The number of hydrogen-bond donors (Lipinski definition) is 2. The van der Waals surface area contributed by atoms with Gasteiger partial charge < -0.3 is 20.5 Å². The van der Waals surface area contributed by atoms with Gasteiger partial charge in [-0.3, -0.25) is 4.79 Å². The zero-order valence-corrected chi connectivity index (χ0v) is 10.3. The summed E-state index contributed by atoms with van der Waals surface area (Å²) in [6.45, 7) is 1.84. The van der Waals surface area contributed by atoms with Crippen molar-refractivity contribution in [1.82, 2.24) is 10.5 Å². The first kappa shape index (κ1) is 11.7. The van der Waals surface area contributed by atoms with Gasteiger partial charge in [-0.15, -0.1) is 0 Å². The fourth-order valence-corrected chi connectivity index (χ4v) is 2.13. The number of anilines is 2. The molecule has 98 valence electrons. The number of nitrogens with zero attached hydrogens (tertiary/aromatic N) is 2. The van der Waals surface area contributed by atoms with Crippen molar-refractivity contribution in [2.24, 2.45) is 0 Å². The highest BCUT2D eigenvalue weighted by molar-refractivity contribution is 5.96. The molecule has 0 bridgehead atoms. The molecule has 3 N–H and O–H groups in total. The standard InChI is InChI=1S/C13H14N4O2/c14-12-7-11(19-16-12)9-2-1-3-10(6-9)17-5-4-15-8-13(17)18/h1-3,6-7,15H,4-5,8H2,(H2,14,16). The van der Waals surface area contributed by atoms with Gasteiger partial charge in [0.05, 0.1) is 6.54 Å². The third-order valence-electron chi connectivity index (χ3n) is 3.06.